The van der Waals surface area contributed by atoms with E-state index in [0.29, 0.717) is 35.2 Å². The largest absolute Gasteiger partial charge is 0.384 e. The van der Waals surface area contributed by atoms with Gasteiger partial charge in [-0.15, -0.1) is 0 Å². The molecule has 132 valence electrons. The summed E-state index contributed by atoms with van der Waals surface area (Å²) in [5.41, 5.74) is 13.9. The Morgan fingerprint density at radius 2 is 2.00 bits per heavy atom. The van der Waals surface area contributed by atoms with Gasteiger partial charge in [-0.25, -0.2) is 18.9 Å². The Morgan fingerprint density at radius 1 is 1.19 bits per heavy atom. The first-order chi connectivity index (χ1) is 12.5. The highest BCUT2D eigenvalue weighted by molar-refractivity contribution is 6.04. The predicted octanol–water partition coefficient (Wildman–Crippen LogP) is 1.24. The number of aromatic nitrogens is 3. The van der Waals surface area contributed by atoms with Crippen molar-refractivity contribution in [2.75, 3.05) is 7.05 Å². The number of fused-ring (bicyclic) bond motifs is 1. The fraction of sp³-hybridized carbons (Fsp3) is 0.167. The molecule has 1 aliphatic heterocycles. The van der Waals surface area contributed by atoms with Crippen molar-refractivity contribution in [3.05, 3.63) is 77.4 Å². The number of imidazole rings is 1. The molecule has 1 atom stereocenters. The van der Waals surface area contributed by atoms with E-state index in [0.717, 1.165) is 5.52 Å². The molecule has 0 bridgehead atoms. The maximum Gasteiger partial charge on any atom is 0.160 e. The SMILES string of the molecule is CN1C(c2nc(Cc3ccccc3F)n3ncccc23)=NC(N)=CC1N. The van der Waals surface area contributed by atoms with Gasteiger partial charge in [-0.2, -0.15) is 5.10 Å². The Hall–Kier alpha value is -3.26. The number of hydrogen-bond acceptors (Lipinski definition) is 6. The normalized spacial score (nSPS) is 17.3. The van der Waals surface area contributed by atoms with E-state index in [1.807, 2.05) is 19.2 Å². The minimum absolute atomic E-state index is 0.275. The molecule has 4 N–H and O–H groups in total. The van der Waals surface area contributed by atoms with Gasteiger partial charge in [-0.1, -0.05) is 18.2 Å². The molecule has 0 radical (unpaired) electrons. The summed E-state index contributed by atoms with van der Waals surface area (Å²) in [4.78, 5) is 10.9. The van der Waals surface area contributed by atoms with E-state index < -0.39 is 6.17 Å². The van der Waals surface area contributed by atoms with Crippen LogP contribution in [0.25, 0.3) is 5.52 Å². The molecule has 3 heterocycles. The molecule has 4 rings (SSSR count). The molecule has 0 spiro atoms. The van der Waals surface area contributed by atoms with Crippen molar-refractivity contribution < 1.29 is 4.39 Å². The molecule has 0 aliphatic carbocycles. The molecule has 1 aliphatic rings. The first-order valence-electron chi connectivity index (χ1n) is 8.15. The minimum atomic E-state index is -0.397. The Kier molecular flexibility index (Phi) is 3.89. The van der Waals surface area contributed by atoms with Crippen molar-refractivity contribution in [2.45, 2.75) is 12.6 Å². The van der Waals surface area contributed by atoms with Gasteiger partial charge >= 0.3 is 0 Å². The van der Waals surface area contributed by atoms with Crippen molar-refractivity contribution in [2.24, 2.45) is 16.5 Å². The van der Waals surface area contributed by atoms with E-state index in [2.05, 4.69) is 10.1 Å². The van der Waals surface area contributed by atoms with Gasteiger partial charge in [0.2, 0.25) is 0 Å². The van der Waals surface area contributed by atoms with Gasteiger partial charge in [0.05, 0.1) is 5.52 Å². The number of nitrogens with two attached hydrogens (primary N) is 2. The molecular formula is C18H18FN7. The van der Waals surface area contributed by atoms with Crippen LogP contribution in [-0.2, 0) is 6.42 Å². The van der Waals surface area contributed by atoms with Crippen molar-refractivity contribution in [3.8, 4) is 0 Å². The molecule has 26 heavy (non-hydrogen) atoms. The number of halogens is 1. The first kappa shape index (κ1) is 16.2. The van der Waals surface area contributed by atoms with E-state index in [1.165, 1.54) is 6.07 Å². The Morgan fingerprint density at radius 3 is 2.81 bits per heavy atom. The molecule has 8 heteroatoms. The first-order valence-corrected chi connectivity index (χ1v) is 8.15. The van der Waals surface area contributed by atoms with Gasteiger partial charge in [-0.05, 0) is 29.8 Å². The summed E-state index contributed by atoms with van der Waals surface area (Å²) in [5, 5.41) is 4.37. The average Bonchev–Trinajstić information content (AvgIpc) is 2.99. The molecule has 0 fully saturated rings. The highest BCUT2D eigenvalue weighted by Crippen LogP contribution is 2.20. The second-order valence-electron chi connectivity index (χ2n) is 6.09. The van der Waals surface area contributed by atoms with Crippen molar-refractivity contribution in [3.63, 3.8) is 0 Å². The van der Waals surface area contributed by atoms with Crippen LogP contribution in [0.1, 0.15) is 17.1 Å². The zero-order valence-corrected chi connectivity index (χ0v) is 14.2. The van der Waals surface area contributed by atoms with Crippen molar-refractivity contribution >= 4 is 11.4 Å². The molecule has 1 aromatic carbocycles. The molecular weight excluding hydrogens is 333 g/mol. The van der Waals surface area contributed by atoms with Crippen LogP contribution in [0.5, 0.6) is 0 Å². The lowest BCUT2D eigenvalue weighted by molar-refractivity contribution is 0.426. The maximum absolute atomic E-state index is 14.1. The lowest BCUT2D eigenvalue weighted by Gasteiger charge is -2.28. The molecule has 7 nitrogen and oxygen atoms in total. The number of nitrogens with zero attached hydrogens (tertiary/aromatic N) is 5. The van der Waals surface area contributed by atoms with Gasteiger partial charge in [0.15, 0.2) is 5.84 Å². The summed E-state index contributed by atoms with van der Waals surface area (Å²) in [6.45, 7) is 0. The third kappa shape index (κ3) is 2.70. The molecule has 3 aromatic rings. The fourth-order valence-electron chi connectivity index (χ4n) is 2.97. The summed E-state index contributed by atoms with van der Waals surface area (Å²) >= 11 is 0. The van der Waals surface area contributed by atoms with Crippen LogP contribution in [0, 0.1) is 5.82 Å². The molecule has 1 unspecified atom stereocenters. The smallest absolute Gasteiger partial charge is 0.160 e. The van der Waals surface area contributed by atoms with Gasteiger partial charge in [0, 0.05) is 19.7 Å². The third-order valence-corrected chi connectivity index (χ3v) is 4.35. The summed E-state index contributed by atoms with van der Waals surface area (Å²) < 4.78 is 15.8. The number of likely N-dealkylation sites (N-methyl/N-ethyl adjacent to an activating group) is 1. The minimum Gasteiger partial charge on any atom is -0.384 e. The lowest BCUT2D eigenvalue weighted by atomic mass is 10.1. The zero-order chi connectivity index (χ0) is 18.3. The van der Waals surface area contributed by atoms with E-state index in [4.69, 9.17) is 16.5 Å². The number of aliphatic imine (C=N–C) groups is 1. The quantitative estimate of drug-likeness (QED) is 0.740. The monoisotopic (exact) mass is 351 g/mol. The fourth-order valence-corrected chi connectivity index (χ4v) is 2.97. The van der Waals surface area contributed by atoms with E-state index in [9.17, 15) is 4.39 Å². The highest BCUT2D eigenvalue weighted by atomic mass is 19.1. The van der Waals surface area contributed by atoms with Crippen LogP contribution in [0.15, 0.2) is 59.5 Å². The van der Waals surface area contributed by atoms with E-state index >= 15 is 0 Å². The summed E-state index contributed by atoms with van der Waals surface area (Å²) in [5.74, 6) is 1.23. The van der Waals surface area contributed by atoms with Crippen LogP contribution in [0.2, 0.25) is 0 Å². The maximum atomic E-state index is 14.1. The molecule has 0 saturated carbocycles. The van der Waals surface area contributed by atoms with Crippen LogP contribution in [-0.4, -0.2) is 38.5 Å². The van der Waals surface area contributed by atoms with Crippen molar-refractivity contribution in [1.29, 1.82) is 0 Å². The number of rotatable bonds is 3. The predicted molar refractivity (Wildman–Crippen MR) is 96.7 cm³/mol. The summed E-state index contributed by atoms with van der Waals surface area (Å²) in [7, 11) is 1.82. The second-order valence-corrected chi connectivity index (χ2v) is 6.09. The van der Waals surface area contributed by atoms with Crippen LogP contribution in [0.3, 0.4) is 0 Å². The van der Waals surface area contributed by atoms with Gasteiger partial charge < -0.3 is 16.4 Å². The Labute approximate surface area is 149 Å². The zero-order valence-electron chi connectivity index (χ0n) is 14.2. The number of amidine groups is 1. The third-order valence-electron chi connectivity index (χ3n) is 4.35. The standard InChI is InChI=1S/C18H18FN7/c1-25-15(21)10-14(20)23-18(25)17-13-7-4-8-22-26(13)16(24-17)9-11-5-2-3-6-12(11)19/h2-8,10,15H,9,20-21H2,1H3. The van der Waals surface area contributed by atoms with Crippen LogP contribution >= 0.6 is 0 Å². The number of hydrogen-bond donors (Lipinski definition) is 2. The van der Waals surface area contributed by atoms with Crippen LogP contribution in [0.4, 0.5) is 4.39 Å². The molecule has 0 amide bonds. The summed E-state index contributed by atoms with van der Waals surface area (Å²) in [6.07, 6.45) is 3.24. The average molecular weight is 351 g/mol. The molecule has 0 saturated heterocycles. The van der Waals surface area contributed by atoms with Crippen LogP contribution < -0.4 is 11.5 Å². The molecule has 2 aromatic heterocycles. The van der Waals surface area contributed by atoms with E-state index in [1.54, 1.807) is 39.9 Å². The Bertz CT molecular complexity index is 1040. The lowest BCUT2D eigenvalue weighted by Crippen LogP contribution is -2.45. The number of benzene rings is 1. The summed E-state index contributed by atoms with van der Waals surface area (Å²) in [6, 6.07) is 10.3. The van der Waals surface area contributed by atoms with Gasteiger partial charge in [-0.3, -0.25) is 0 Å². The van der Waals surface area contributed by atoms with E-state index in [-0.39, 0.29) is 5.82 Å². The van der Waals surface area contributed by atoms with Crippen molar-refractivity contribution in [1.82, 2.24) is 19.5 Å². The Balaban J connectivity index is 1.85. The second kappa shape index (κ2) is 6.23. The topological polar surface area (TPSA) is 97.8 Å². The van der Waals surface area contributed by atoms with Gasteiger partial charge in [0.25, 0.3) is 0 Å². The highest BCUT2D eigenvalue weighted by Gasteiger charge is 2.25. The van der Waals surface area contributed by atoms with Gasteiger partial charge in [0.1, 0.15) is 29.3 Å².